The minimum atomic E-state index is -0.792. The van der Waals surface area contributed by atoms with Crippen molar-refractivity contribution in [2.24, 2.45) is 5.92 Å². The molecule has 2 aromatic rings. The van der Waals surface area contributed by atoms with Gasteiger partial charge >= 0.3 is 0 Å². The van der Waals surface area contributed by atoms with Crippen LogP contribution in [0.4, 0.5) is 0 Å². The highest BCUT2D eigenvalue weighted by atomic mass is 16.5. The molecule has 0 aliphatic carbocycles. The summed E-state index contributed by atoms with van der Waals surface area (Å²) in [5.74, 6) is -0.509. The van der Waals surface area contributed by atoms with Crippen LogP contribution in [-0.4, -0.2) is 23.8 Å². The first-order chi connectivity index (χ1) is 13.0. The summed E-state index contributed by atoms with van der Waals surface area (Å²) < 4.78 is 12.0. The van der Waals surface area contributed by atoms with Crippen molar-refractivity contribution in [2.75, 3.05) is 0 Å². The fourth-order valence-corrected chi connectivity index (χ4v) is 2.97. The van der Waals surface area contributed by atoms with Gasteiger partial charge in [-0.05, 0) is 18.1 Å². The summed E-state index contributed by atoms with van der Waals surface area (Å²) in [6.45, 7) is 5.73. The Balaban J connectivity index is 2.15. The monoisotopic (exact) mass is 368 g/mol. The molecule has 0 saturated carbocycles. The van der Waals surface area contributed by atoms with Crippen molar-refractivity contribution in [3.63, 3.8) is 0 Å². The number of Topliss-reactive ketones (excluding diaryl/α,β-unsaturated/α-hetero) is 2. The standard InChI is InChI=1S/C23H28O4/c1-4-21(25)17(2)22(26-15-19-11-7-5-8-12-19)23(18(3)24)27-16-20-13-9-6-10-14-20/h5-14,17,22-23H,4,15-16H2,1-3H3/t17-,22+,23+/m1/s1. The molecule has 0 amide bonds. The van der Waals surface area contributed by atoms with E-state index >= 15 is 0 Å². The van der Waals surface area contributed by atoms with Crippen molar-refractivity contribution >= 4 is 11.6 Å². The van der Waals surface area contributed by atoms with Crippen LogP contribution in [0.1, 0.15) is 38.3 Å². The summed E-state index contributed by atoms with van der Waals surface area (Å²) in [6.07, 6.45) is -1.02. The highest BCUT2D eigenvalue weighted by Crippen LogP contribution is 2.21. The van der Waals surface area contributed by atoms with Gasteiger partial charge in [0.2, 0.25) is 0 Å². The van der Waals surface area contributed by atoms with Crippen molar-refractivity contribution in [3.05, 3.63) is 71.8 Å². The van der Waals surface area contributed by atoms with Crippen molar-refractivity contribution in [3.8, 4) is 0 Å². The topological polar surface area (TPSA) is 52.6 Å². The highest BCUT2D eigenvalue weighted by Gasteiger charge is 2.35. The summed E-state index contributed by atoms with van der Waals surface area (Å²) in [4.78, 5) is 24.6. The molecule has 2 rings (SSSR count). The van der Waals surface area contributed by atoms with Gasteiger partial charge in [-0.15, -0.1) is 0 Å². The van der Waals surface area contributed by atoms with Gasteiger partial charge < -0.3 is 9.47 Å². The maximum absolute atomic E-state index is 12.3. The molecular weight excluding hydrogens is 340 g/mol. The van der Waals surface area contributed by atoms with Gasteiger partial charge in [0.15, 0.2) is 5.78 Å². The van der Waals surface area contributed by atoms with Crippen LogP contribution in [0.2, 0.25) is 0 Å². The minimum Gasteiger partial charge on any atom is -0.370 e. The zero-order chi connectivity index (χ0) is 19.6. The average Bonchev–Trinajstić information content (AvgIpc) is 2.70. The van der Waals surface area contributed by atoms with Gasteiger partial charge in [-0.25, -0.2) is 0 Å². The highest BCUT2D eigenvalue weighted by molar-refractivity contribution is 5.85. The summed E-state index contributed by atoms with van der Waals surface area (Å²) in [6, 6.07) is 19.4. The maximum Gasteiger partial charge on any atom is 0.161 e. The Hall–Kier alpha value is -2.30. The lowest BCUT2D eigenvalue weighted by Gasteiger charge is -2.30. The van der Waals surface area contributed by atoms with E-state index in [1.54, 1.807) is 0 Å². The van der Waals surface area contributed by atoms with Crippen LogP contribution in [-0.2, 0) is 32.3 Å². The Morgan fingerprint density at radius 2 is 1.33 bits per heavy atom. The fourth-order valence-electron chi connectivity index (χ4n) is 2.97. The molecule has 2 aromatic carbocycles. The second-order valence-electron chi connectivity index (χ2n) is 6.70. The average molecular weight is 368 g/mol. The van der Waals surface area contributed by atoms with E-state index in [1.807, 2.05) is 74.5 Å². The zero-order valence-corrected chi connectivity index (χ0v) is 16.3. The number of hydrogen-bond acceptors (Lipinski definition) is 4. The first-order valence-electron chi connectivity index (χ1n) is 9.37. The van der Waals surface area contributed by atoms with Crippen molar-refractivity contribution < 1.29 is 19.1 Å². The predicted octanol–water partition coefficient (Wildman–Crippen LogP) is 4.36. The minimum absolute atomic E-state index is 0.0580. The lowest BCUT2D eigenvalue weighted by atomic mass is 9.92. The number of benzene rings is 2. The molecule has 4 nitrogen and oxygen atoms in total. The number of carbonyl (C=O) groups excluding carboxylic acids is 2. The van der Waals surface area contributed by atoms with E-state index in [4.69, 9.17) is 9.47 Å². The van der Waals surface area contributed by atoms with Gasteiger partial charge in [0.05, 0.1) is 13.2 Å². The largest absolute Gasteiger partial charge is 0.370 e. The molecule has 0 spiro atoms. The smallest absolute Gasteiger partial charge is 0.161 e. The molecule has 0 fully saturated rings. The molecule has 0 heterocycles. The maximum atomic E-state index is 12.3. The number of ether oxygens (including phenoxy) is 2. The molecule has 0 radical (unpaired) electrons. The third-order valence-electron chi connectivity index (χ3n) is 4.61. The Morgan fingerprint density at radius 3 is 1.78 bits per heavy atom. The molecule has 27 heavy (non-hydrogen) atoms. The van der Waals surface area contributed by atoms with Crippen LogP contribution in [0, 0.1) is 5.92 Å². The quantitative estimate of drug-likeness (QED) is 0.591. The van der Waals surface area contributed by atoms with E-state index in [1.165, 1.54) is 6.92 Å². The lowest BCUT2D eigenvalue weighted by molar-refractivity contribution is -0.153. The van der Waals surface area contributed by atoms with E-state index in [2.05, 4.69) is 0 Å². The Labute approximate surface area is 161 Å². The molecule has 3 atom stereocenters. The number of rotatable bonds is 11. The van der Waals surface area contributed by atoms with Gasteiger partial charge in [0.1, 0.15) is 18.0 Å². The Kier molecular flexibility index (Phi) is 8.37. The van der Waals surface area contributed by atoms with Crippen LogP contribution in [0.25, 0.3) is 0 Å². The molecule has 0 N–H and O–H groups in total. The molecule has 144 valence electrons. The molecule has 0 saturated heterocycles. The van der Waals surface area contributed by atoms with Gasteiger partial charge in [-0.1, -0.05) is 74.5 Å². The Bertz CT molecular complexity index is 712. The second kappa shape index (κ2) is 10.8. The van der Waals surface area contributed by atoms with Crippen LogP contribution >= 0.6 is 0 Å². The van der Waals surface area contributed by atoms with E-state index < -0.39 is 18.1 Å². The van der Waals surface area contributed by atoms with Crippen LogP contribution < -0.4 is 0 Å². The third-order valence-corrected chi connectivity index (χ3v) is 4.61. The van der Waals surface area contributed by atoms with Crippen molar-refractivity contribution in [1.29, 1.82) is 0 Å². The van der Waals surface area contributed by atoms with Crippen LogP contribution in [0.5, 0.6) is 0 Å². The summed E-state index contributed by atoms with van der Waals surface area (Å²) in [5.41, 5.74) is 1.96. The molecule has 0 unspecified atom stereocenters. The van der Waals surface area contributed by atoms with E-state index in [9.17, 15) is 9.59 Å². The summed E-state index contributed by atoms with van der Waals surface area (Å²) in [5, 5.41) is 0. The number of carbonyl (C=O) groups is 2. The molecule has 0 aliphatic heterocycles. The molecule has 0 bridgehead atoms. The van der Waals surface area contributed by atoms with Gasteiger partial charge in [-0.2, -0.15) is 0 Å². The first-order valence-corrected chi connectivity index (χ1v) is 9.37. The van der Waals surface area contributed by atoms with E-state index in [0.29, 0.717) is 19.6 Å². The molecule has 0 aromatic heterocycles. The molecular formula is C23H28O4. The molecule has 0 aliphatic rings. The number of ketones is 2. The predicted molar refractivity (Wildman–Crippen MR) is 105 cm³/mol. The van der Waals surface area contributed by atoms with Crippen LogP contribution in [0.3, 0.4) is 0 Å². The summed E-state index contributed by atoms with van der Waals surface area (Å²) >= 11 is 0. The molecule has 4 heteroatoms. The first kappa shape index (κ1) is 21.0. The number of hydrogen-bond donors (Lipinski definition) is 0. The van der Waals surface area contributed by atoms with Crippen LogP contribution in [0.15, 0.2) is 60.7 Å². The van der Waals surface area contributed by atoms with Gasteiger partial charge in [-0.3, -0.25) is 9.59 Å². The normalized spacial score (nSPS) is 14.3. The van der Waals surface area contributed by atoms with E-state index in [0.717, 1.165) is 11.1 Å². The SMILES string of the molecule is CCC(=O)[C@@H](C)[C@H](OCc1ccccc1)[C@@H](OCc1ccccc1)C(C)=O. The van der Waals surface area contributed by atoms with Crippen molar-refractivity contribution in [1.82, 2.24) is 0 Å². The third kappa shape index (κ3) is 6.42. The summed E-state index contributed by atoms with van der Waals surface area (Å²) in [7, 11) is 0. The Morgan fingerprint density at radius 1 is 0.852 bits per heavy atom. The lowest BCUT2D eigenvalue weighted by Crippen LogP contribution is -2.44. The van der Waals surface area contributed by atoms with Gasteiger partial charge in [0.25, 0.3) is 0 Å². The zero-order valence-electron chi connectivity index (χ0n) is 16.3. The fraction of sp³-hybridized carbons (Fsp3) is 0.391. The van der Waals surface area contributed by atoms with E-state index in [-0.39, 0.29) is 11.6 Å². The van der Waals surface area contributed by atoms with Crippen molar-refractivity contribution in [2.45, 2.75) is 52.6 Å². The second-order valence-corrected chi connectivity index (χ2v) is 6.70. The van der Waals surface area contributed by atoms with Gasteiger partial charge in [0, 0.05) is 12.3 Å².